The number of amides is 1. The molecule has 0 aliphatic rings. The number of thioether (sulfide) groups is 1. The lowest BCUT2D eigenvalue weighted by molar-refractivity contribution is -0.113. The van der Waals surface area contributed by atoms with E-state index in [0.29, 0.717) is 11.6 Å². The number of benzene rings is 2. The molecule has 0 saturated carbocycles. The van der Waals surface area contributed by atoms with E-state index in [4.69, 9.17) is 5.84 Å². The lowest BCUT2D eigenvalue weighted by Crippen LogP contribution is -2.17. The van der Waals surface area contributed by atoms with Crippen LogP contribution in [0.15, 0.2) is 52.7 Å². The number of hydrogen-bond acceptors (Lipinski definition) is 7. The fraction of sp³-hybridized carbons (Fsp3) is 0.0588. The van der Waals surface area contributed by atoms with E-state index in [9.17, 15) is 18.0 Å². The number of rotatable bonds is 7. The van der Waals surface area contributed by atoms with Gasteiger partial charge in [0.25, 0.3) is 5.95 Å². The van der Waals surface area contributed by atoms with Crippen molar-refractivity contribution >= 4 is 35.5 Å². The molecule has 1 heterocycles. The van der Waals surface area contributed by atoms with Gasteiger partial charge in [-0.3, -0.25) is 4.79 Å². The van der Waals surface area contributed by atoms with Gasteiger partial charge in [-0.05, 0) is 29.8 Å². The number of halogens is 3. The number of aromatic nitrogens is 3. The molecule has 1 amide bonds. The quantitative estimate of drug-likeness (QED) is 0.234. The van der Waals surface area contributed by atoms with Crippen molar-refractivity contribution < 1.29 is 18.0 Å². The Morgan fingerprint density at radius 3 is 2.59 bits per heavy atom. The second-order valence-electron chi connectivity index (χ2n) is 5.56. The number of nitrogens with zero attached hydrogens (tertiary/aromatic N) is 4. The highest BCUT2D eigenvalue weighted by molar-refractivity contribution is 7.99. The molecule has 12 heteroatoms. The second-order valence-corrected chi connectivity index (χ2v) is 6.50. The molecule has 3 aromatic rings. The Labute approximate surface area is 167 Å². The standard InChI is InChI=1S/C17H14F3N7OS/c18-11-3-1-10(2-4-11)8-22-24-16-25-26-17(27(16)21)29-9-15(28)23-14-6-5-12(19)7-13(14)20/h1-8H,9,21H2,(H,23,28)(H,24,25)/b22-8+. The summed E-state index contributed by atoms with van der Waals surface area (Å²) in [5.41, 5.74) is 3.10. The van der Waals surface area contributed by atoms with E-state index in [1.54, 1.807) is 0 Å². The third-order valence-electron chi connectivity index (χ3n) is 3.45. The van der Waals surface area contributed by atoms with E-state index >= 15 is 0 Å². The van der Waals surface area contributed by atoms with Crippen LogP contribution < -0.4 is 16.6 Å². The van der Waals surface area contributed by atoms with Crippen LogP contribution in [0.4, 0.5) is 24.8 Å². The molecule has 150 valence electrons. The predicted octanol–water partition coefficient (Wildman–Crippen LogP) is 2.59. The van der Waals surface area contributed by atoms with Crippen LogP contribution in [0.2, 0.25) is 0 Å². The molecule has 0 bridgehead atoms. The maximum Gasteiger partial charge on any atom is 0.264 e. The molecular weight excluding hydrogens is 407 g/mol. The molecule has 8 nitrogen and oxygen atoms in total. The summed E-state index contributed by atoms with van der Waals surface area (Å²) < 4.78 is 40.4. The summed E-state index contributed by atoms with van der Waals surface area (Å²) in [7, 11) is 0. The van der Waals surface area contributed by atoms with Crippen LogP contribution in [0.25, 0.3) is 0 Å². The highest BCUT2D eigenvalue weighted by Gasteiger charge is 2.13. The zero-order valence-electron chi connectivity index (χ0n) is 14.6. The first kappa shape index (κ1) is 20.2. The second kappa shape index (κ2) is 9.10. The molecule has 0 spiro atoms. The monoisotopic (exact) mass is 421 g/mol. The Morgan fingerprint density at radius 2 is 1.86 bits per heavy atom. The van der Waals surface area contributed by atoms with Crippen LogP contribution in [-0.4, -0.2) is 32.7 Å². The Morgan fingerprint density at radius 1 is 1.14 bits per heavy atom. The fourth-order valence-electron chi connectivity index (χ4n) is 2.07. The maximum absolute atomic E-state index is 13.6. The van der Waals surface area contributed by atoms with Crippen LogP contribution in [0, 0.1) is 17.5 Å². The number of anilines is 2. The number of nitrogens with one attached hydrogen (secondary N) is 2. The highest BCUT2D eigenvalue weighted by Crippen LogP contribution is 2.19. The molecular formula is C17H14F3N7OS. The summed E-state index contributed by atoms with van der Waals surface area (Å²) in [5.74, 6) is 3.29. The van der Waals surface area contributed by atoms with Gasteiger partial charge >= 0.3 is 0 Å². The number of nitrogens with two attached hydrogens (primary N) is 1. The molecule has 4 N–H and O–H groups in total. The molecule has 0 saturated heterocycles. The Kier molecular flexibility index (Phi) is 6.34. The smallest absolute Gasteiger partial charge is 0.264 e. The number of hydrogen-bond donors (Lipinski definition) is 3. The Hall–Kier alpha value is -3.54. The Balaban J connectivity index is 1.53. The summed E-state index contributed by atoms with van der Waals surface area (Å²) in [6, 6.07) is 8.50. The maximum atomic E-state index is 13.6. The lowest BCUT2D eigenvalue weighted by Gasteiger charge is -2.06. The highest BCUT2D eigenvalue weighted by atomic mass is 32.2. The topological polar surface area (TPSA) is 110 Å². The van der Waals surface area contributed by atoms with Gasteiger partial charge in [-0.1, -0.05) is 23.9 Å². The zero-order chi connectivity index (χ0) is 20.8. The summed E-state index contributed by atoms with van der Waals surface area (Å²) >= 11 is 0.958. The van der Waals surface area contributed by atoms with E-state index in [0.717, 1.165) is 28.6 Å². The zero-order valence-corrected chi connectivity index (χ0v) is 15.5. The molecule has 2 aromatic carbocycles. The minimum Gasteiger partial charge on any atom is -0.334 e. The SMILES string of the molecule is Nn1c(N/N=C/c2ccc(F)cc2)nnc1SCC(=O)Nc1ccc(F)cc1F. The van der Waals surface area contributed by atoms with Gasteiger partial charge < -0.3 is 11.2 Å². The summed E-state index contributed by atoms with van der Waals surface area (Å²) in [6.07, 6.45) is 1.44. The van der Waals surface area contributed by atoms with E-state index < -0.39 is 17.5 Å². The lowest BCUT2D eigenvalue weighted by atomic mass is 10.2. The van der Waals surface area contributed by atoms with Gasteiger partial charge in [0.1, 0.15) is 17.5 Å². The molecule has 0 aliphatic carbocycles. The summed E-state index contributed by atoms with van der Waals surface area (Å²) in [5, 5.41) is 14.1. The van der Waals surface area contributed by atoms with Crippen molar-refractivity contribution in [3.63, 3.8) is 0 Å². The number of carbonyl (C=O) groups is 1. The third-order valence-corrected chi connectivity index (χ3v) is 4.39. The van der Waals surface area contributed by atoms with E-state index in [-0.39, 0.29) is 28.4 Å². The van der Waals surface area contributed by atoms with E-state index in [1.807, 2.05) is 0 Å². The third kappa shape index (κ3) is 5.48. The summed E-state index contributed by atoms with van der Waals surface area (Å²) in [6.45, 7) is 0. The average molecular weight is 421 g/mol. The molecule has 0 aliphatic heterocycles. The molecule has 0 unspecified atom stereocenters. The Bertz CT molecular complexity index is 1040. The van der Waals surface area contributed by atoms with Crippen molar-refractivity contribution in [1.29, 1.82) is 0 Å². The molecule has 0 atom stereocenters. The molecule has 29 heavy (non-hydrogen) atoms. The van der Waals surface area contributed by atoms with Gasteiger partial charge in [0, 0.05) is 6.07 Å². The predicted molar refractivity (Wildman–Crippen MR) is 104 cm³/mol. The first-order valence-electron chi connectivity index (χ1n) is 8.05. The van der Waals surface area contributed by atoms with Crippen LogP contribution in [0.3, 0.4) is 0 Å². The van der Waals surface area contributed by atoms with Gasteiger partial charge in [-0.2, -0.15) is 5.10 Å². The van der Waals surface area contributed by atoms with Crippen molar-refractivity contribution in [2.45, 2.75) is 5.16 Å². The molecule has 0 radical (unpaired) electrons. The first-order valence-corrected chi connectivity index (χ1v) is 9.04. The summed E-state index contributed by atoms with van der Waals surface area (Å²) in [4.78, 5) is 11.9. The van der Waals surface area contributed by atoms with E-state index in [1.165, 1.54) is 30.5 Å². The molecule has 1 aromatic heterocycles. The first-order chi connectivity index (χ1) is 13.9. The van der Waals surface area contributed by atoms with Gasteiger partial charge in [-0.25, -0.2) is 23.3 Å². The van der Waals surface area contributed by atoms with Gasteiger partial charge in [0.2, 0.25) is 11.1 Å². The van der Waals surface area contributed by atoms with Crippen molar-refractivity contribution in [2.75, 3.05) is 22.3 Å². The van der Waals surface area contributed by atoms with Crippen molar-refractivity contribution in [3.8, 4) is 0 Å². The molecule has 3 rings (SSSR count). The van der Waals surface area contributed by atoms with Crippen molar-refractivity contribution in [3.05, 3.63) is 65.5 Å². The van der Waals surface area contributed by atoms with Crippen LogP contribution in [-0.2, 0) is 4.79 Å². The normalized spacial score (nSPS) is 11.0. The number of carbonyl (C=O) groups excluding carboxylic acids is 1. The van der Waals surface area contributed by atoms with Gasteiger partial charge in [-0.15, -0.1) is 10.2 Å². The number of nitrogen functional groups attached to an aromatic ring is 1. The minimum absolute atomic E-state index is 0.107. The van der Waals surface area contributed by atoms with Gasteiger partial charge in [0.05, 0.1) is 17.7 Å². The van der Waals surface area contributed by atoms with Crippen LogP contribution >= 0.6 is 11.8 Å². The minimum atomic E-state index is -0.879. The molecule has 0 fully saturated rings. The van der Waals surface area contributed by atoms with Crippen molar-refractivity contribution in [1.82, 2.24) is 14.9 Å². The van der Waals surface area contributed by atoms with E-state index in [2.05, 4.69) is 26.0 Å². The number of hydrazone groups is 1. The average Bonchev–Trinajstić information content (AvgIpc) is 3.04. The largest absolute Gasteiger partial charge is 0.334 e. The van der Waals surface area contributed by atoms with Gasteiger partial charge in [0.15, 0.2) is 0 Å². The fourth-order valence-corrected chi connectivity index (χ4v) is 2.73. The van der Waals surface area contributed by atoms with Crippen LogP contribution in [0.5, 0.6) is 0 Å². The van der Waals surface area contributed by atoms with Crippen LogP contribution in [0.1, 0.15) is 5.56 Å². The van der Waals surface area contributed by atoms with Crippen molar-refractivity contribution in [2.24, 2.45) is 5.10 Å².